The number of benzene rings is 2. The third-order valence-corrected chi connectivity index (χ3v) is 6.66. The van der Waals surface area contributed by atoms with E-state index in [1.54, 1.807) is 18.2 Å². The lowest BCUT2D eigenvalue weighted by Gasteiger charge is -2.26. The molecule has 10 heteroatoms. The number of amides is 1. The van der Waals surface area contributed by atoms with Crippen molar-refractivity contribution in [1.29, 1.82) is 0 Å². The lowest BCUT2D eigenvalue weighted by molar-refractivity contribution is 0.0730. The highest BCUT2D eigenvalue weighted by molar-refractivity contribution is 7.89. The molecule has 148 valence electrons. The van der Waals surface area contributed by atoms with Crippen LogP contribution in [0.15, 0.2) is 52.5 Å². The standard InChI is InChI=1S/C18H17Cl2N3O4S/c19-16-5-4-13(10-17(16)20)12-21-22-18(24)14-2-1-3-15(11-14)28(25,26)23-6-8-27-9-7-23/h1-5,10-12H,6-9H2,(H,22,24)/b21-12-. The molecule has 0 aromatic heterocycles. The topological polar surface area (TPSA) is 88.1 Å². The summed E-state index contributed by atoms with van der Waals surface area (Å²) in [5.74, 6) is -0.532. The maximum atomic E-state index is 12.7. The van der Waals surface area contributed by atoms with Crippen LogP contribution >= 0.6 is 23.2 Å². The van der Waals surface area contributed by atoms with E-state index < -0.39 is 15.9 Å². The second-order valence-electron chi connectivity index (χ2n) is 5.92. The van der Waals surface area contributed by atoms with Crippen molar-refractivity contribution in [2.45, 2.75) is 4.90 Å². The van der Waals surface area contributed by atoms with E-state index >= 15 is 0 Å². The molecule has 1 N–H and O–H groups in total. The molecule has 0 unspecified atom stereocenters. The van der Waals surface area contributed by atoms with Crippen LogP contribution in [0.1, 0.15) is 15.9 Å². The van der Waals surface area contributed by atoms with Gasteiger partial charge >= 0.3 is 0 Å². The third kappa shape index (κ3) is 4.89. The van der Waals surface area contributed by atoms with Gasteiger partial charge in [-0.2, -0.15) is 9.41 Å². The molecule has 28 heavy (non-hydrogen) atoms. The first-order chi connectivity index (χ1) is 13.4. The Bertz CT molecular complexity index is 1010. The Morgan fingerprint density at radius 1 is 1.11 bits per heavy atom. The number of hydrazone groups is 1. The minimum atomic E-state index is -3.68. The Morgan fingerprint density at radius 3 is 2.57 bits per heavy atom. The van der Waals surface area contributed by atoms with Gasteiger partial charge in [0, 0.05) is 18.7 Å². The predicted octanol–water partition coefficient (Wildman–Crippen LogP) is 2.78. The van der Waals surface area contributed by atoms with Crippen LogP contribution in [0.2, 0.25) is 10.0 Å². The molecule has 3 rings (SSSR count). The van der Waals surface area contributed by atoms with Crippen LogP contribution in [0.25, 0.3) is 0 Å². The summed E-state index contributed by atoms with van der Waals surface area (Å²) in [4.78, 5) is 12.4. The maximum Gasteiger partial charge on any atom is 0.271 e. The van der Waals surface area contributed by atoms with Gasteiger partial charge in [0.1, 0.15) is 0 Å². The highest BCUT2D eigenvalue weighted by Crippen LogP contribution is 2.22. The van der Waals surface area contributed by atoms with E-state index in [0.717, 1.165) is 0 Å². The fourth-order valence-corrected chi connectivity index (χ4v) is 4.32. The number of hydrogen-bond donors (Lipinski definition) is 1. The Hall–Kier alpha value is -1.97. The summed E-state index contributed by atoms with van der Waals surface area (Å²) in [6.07, 6.45) is 1.41. The number of carbonyl (C=O) groups is 1. The number of nitrogens with one attached hydrogen (secondary N) is 1. The maximum absolute atomic E-state index is 12.7. The van der Waals surface area contributed by atoms with Gasteiger partial charge in [0.25, 0.3) is 5.91 Å². The number of morpholine rings is 1. The van der Waals surface area contributed by atoms with Crippen molar-refractivity contribution in [3.63, 3.8) is 0 Å². The van der Waals surface area contributed by atoms with E-state index in [4.69, 9.17) is 27.9 Å². The Labute approximate surface area is 172 Å². The van der Waals surface area contributed by atoms with Crippen molar-refractivity contribution in [3.05, 3.63) is 63.6 Å². The van der Waals surface area contributed by atoms with Gasteiger partial charge in [-0.3, -0.25) is 4.79 Å². The minimum absolute atomic E-state index is 0.0514. The zero-order chi connectivity index (χ0) is 20.1. The molecule has 2 aromatic carbocycles. The average molecular weight is 442 g/mol. The molecule has 0 spiro atoms. The van der Waals surface area contributed by atoms with E-state index in [0.29, 0.717) is 28.8 Å². The fourth-order valence-electron chi connectivity index (χ4n) is 2.56. The summed E-state index contributed by atoms with van der Waals surface area (Å²) in [5.41, 5.74) is 3.20. The molecule has 2 aromatic rings. The van der Waals surface area contributed by atoms with E-state index in [1.807, 2.05) is 0 Å². The monoisotopic (exact) mass is 441 g/mol. The lowest BCUT2D eigenvalue weighted by atomic mass is 10.2. The molecule has 1 aliphatic heterocycles. The highest BCUT2D eigenvalue weighted by atomic mass is 35.5. The number of sulfonamides is 1. The van der Waals surface area contributed by atoms with Crippen LogP contribution in [-0.2, 0) is 14.8 Å². The van der Waals surface area contributed by atoms with Crippen molar-refractivity contribution >= 4 is 45.3 Å². The Balaban J connectivity index is 1.71. The molecular formula is C18H17Cl2N3O4S. The van der Waals surface area contributed by atoms with Crippen LogP contribution < -0.4 is 5.43 Å². The first-order valence-electron chi connectivity index (χ1n) is 8.34. The summed E-state index contributed by atoms with van der Waals surface area (Å²) in [6.45, 7) is 1.27. The third-order valence-electron chi connectivity index (χ3n) is 4.03. The first kappa shape index (κ1) is 20.8. The van der Waals surface area contributed by atoms with Gasteiger partial charge in [-0.05, 0) is 35.9 Å². The van der Waals surface area contributed by atoms with Gasteiger partial charge < -0.3 is 4.74 Å². The van der Waals surface area contributed by atoms with E-state index in [9.17, 15) is 13.2 Å². The summed E-state index contributed by atoms with van der Waals surface area (Å²) in [7, 11) is -3.68. The molecule has 0 atom stereocenters. The second-order valence-corrected chi connectivity index (χ2v) is 8.67. The van der Waals surface area contributed by atoms with E-state index in [1.165, 1.54) is 34.8 Å². The van der Waals surface area contributed by atoms with Gasteiger partial charge in [0.2, 0.25) is 10.0 Å². The fraction of sp³-hybridized carbons (Fsp3) is 0.222. The van der Waals surface area contributed by atoms with Crippen LogP contribution in [0, 0.1) is 0 Å². The Morgan fingerprint density at radius 2 is 1.86 bits per heavy atom. The van der Waals surface area contributed by atoms with Gasteiger partial charge in [-0.15, -0.1) is 0 Å². The largest absolute Gasteiger partial charge is 0.379 e. The van der Waals surface area contributed by atoms with E-state index in [-0.39, 0.29) is 23.5 Å². The second kappa shape index (κ2) is 9.02. The molecule has 1 saturated heterocycles. The molecule has 0 saturated carbocycles. The molecule has 1 heterocycles. The zero-order valence-electron chi connectivity index (χ0n) is 14.6. The van der Waals surface area contributed by atoms with Crippen molar-refractivity contribution in [3.8, 4) is 0 Å². The molecular weight excluding hydrogens is 425 g/mol. The average Bonchev–Trinajstić information content (AvgIpc) is 2.71. The summed E-state index contributed by atoms with van der Waals surface area (Å²) < 4.78 is 31.9. The summed E-state index contributed by atoms with van der Waals surface area (Å²) in [6, 6.07) is 10.7. The molecule has 0 bridgehead atoms. The van der Waals surface area contributed by atoms with Crippen molar-refractivity contribution in [2.75, 3.05) is 26.3 Å². The number of rotatable bonds is 5. The van der Waals surface area contributed by atoms with Crippen LogP contribution in [0.5, 0.6) is 0 Å². The van der Waals surface area contributed by atoms with Gasteiger partial charge in [0.05, 0.1) is 34.4 Å². The number of carbonyl (C=O) groups excluding carboxylic acids is 1. The SMILES string of the molecule is O=C(N/N=C\c1ccc(Cl)c(Cl)c1)c1cccc(S(=O)(=O)N2CCOCC2)c1. The number of halogens is 2. The smallest absolute Gasteiger partial charge is 0.271 e. The molecule has 1 amide bonds. The quantitative estimate of drug-likeness (QED) is 0.570. The number of ether oxygens (including phenoxy) is 1. The van der Waals surface area contributed by atoms with Gasteiger partial charge in [-0.1, -0.05) is 35.3 Å². The van der Waals surface area contributed by atoms with Crippen LogP contribution in [0.4, 0.5) is 0 Å². The highest BCUT2D eigenvalue weighted by Gasteiger charge is 2.26. The predicted molar refractivity (Wildman–Crippen MR) is 108 cm³/mol. The number of nitrogens with zero attached hydrogens (tertiary/aromatic N) is 2. The van der Waals surface area contributed by atoms with Crippen LogP contribution in [-0.4, -0.2) is 51.1 Å². The molecule has 1 aliphatic rings. The van der Waals surface area contributed by atoms with Crippen molar-refractivity contribution < 1.29 is 17.9 Å². The molecule has 7 nitrogen and oxygen atoms in total. The zero-order valence-corrected chi connectivity index (χ0v) is 17.0. The summed E-state index contributed by atoms with van der Waals surface area (Å²) >= 11 is 11.8. The normalized spacial score (nSPS) is 15.6. The van der Waals surface area contributed by atoms with Crippen molar-refractivity contribution in [1.82, 2.24) is 9.73 Å². The minimum Gasteiger partial charge on any atom is -0.379 e. The summed E-state index contributed by atoms with van der Waals surface area (Å²) in [5, 5.41) is 4.66. The lowest BCUT2D eigenvalue weighted by Crippen LogP contribution is -2.40. The molecule has 0 aliphatic carbocycles. The number of hydrogen-bond acceptors (Lipinski definition) is 5. The van der Waals surface area contributed by atoms with Crippen molar-refractivity contribution in [2.24, 2.45) is 5.10 Å². The van der Waals surface area contributed by atoms with Gasteiger partial charge in [-0.25, -0.2) is 13.8 Å². The first-order valence-corrected chi connectivity index (χ1v) is 10.5. The van der Waals surface area contributed by atoms with E-state index in [2.05, 4.69) is 10.5 Å². The molecule has 1 fully saturated rings. The van der Waals surface area contributed by atoms with Gasteiger partial charge in [0.15, 0.2) is 0 Å². The molecule has 0 radical (unpaired) electrons. The van der Waals surface area contributed by atoms with Crippen LogP contribution in [0.3, 0.4) is 0 Å². The Kier molecular flexibility index (Phi) is 6.69.